The number of nitrogens with two attached hydrogens (primary N) is 1. The van der Waals surface area contributed by atoms with E-state index in [1.54, 1.807) is 0 Å². The molecule has 1 aliphatic rings. The van der Waals surface area contributed by atoms with Crippen molar-refractivity contribution >= 4 is 5.91 Å². The van der Waals surface area contributed by atoms with Crippen LogP contribution in [0.5, 0.6) is 0 Å². The van der Waals surface area contributed by atoms with Crippen LogP contribution in [-0.4, -0.2) is 55.0 Å². The molecular weight excluding hydrogens is 202 g/mol. The molecule has 1 aliphatic heterocycles. The third kappa shape index (κ3) is 3.22. The monoisotopic (exact) mass is 223 g/mol. The van der Waals surface area contributed by atoms with Gasteiger partial charge in [-0.1, -0.05) is 12.8 Å². The Morgan fingerprint density at radius 3 is 2.50 bits per heavy atom. The highest BCUT2D eigenvalue weighted by atomic mass is 16.2. The van der Waals surface area contributed by atoms with Crippen molar-refractivity contribution in [1.82, 2.24) is 9.80 Å². The summed E-state index contributed by atoms with van der Waals surface area (Å²) in [4.78, 5) is 16.1. The molecule has 0 aromatic rings. The lowest BCUT2D eigenvalue weighted by atomic mass is 10.0. The average molecular weight is 223 g/mol. The van der Waals surface area contributed by atoms with Gasteiger partial charge in [0.1, 0.15) is 0 Å². The third-order valence-corrected chi connectivity index (χ3v) is 3.13. The maximum Gasteiger partial charge on any atom is 0.227 e. The minimum Gasteiger partial charge on any atom is -0.340 e. The zero-order valence-corrected chi connectivity index (χ0v) is 9.98. The van der Waals surface area contributed by atoms with E-state index < -0.39 is 0 Å². The minimum absolute atomic E-state index is 0.0146. The van der Waals surface area contributed by atoms with Gasteiger partial charge in [-0.15, -0.1) is 6.42 Å². The lowest BCUT2D eigenvalue weighted by Gasteiger charge is -2.35. The number of rotatable bonds is 4. The van der Waals surface area contributed by atoms with E-state index in [0.717, 1.165) is 32.6 Å². The fraction of sp³-hybridized carbons (Fsp3) is 0.750. The van der Waals surface area contributed by atoms with Crippen LogP contribution in [0.15, 0.2) is 0 Å². The van der Waals surface area contributed by atoms with Crippen LogP contribution in [0.25, 0.3) is 0 Å². The van der Waals surface area contributed by atoms with Crippen LogP contribution < -0.4 is 5.73 Å². The van der Waals surface area contributed by atoms with Crippen molar-refractivity contribution in [3.63, 3.8) is 0 Å². The summed E-state index contributed by atoms with van der Waals surface area (Å²) in [5.74, 6) is 2.81. The minimum atomic E-state index is -0.0146. The largest absolute Gasteiger partial charge is 0.340 e. The van der Waals surface area contributed by atoms with Gasteiger partial charge in [-0.2, -0.15) is 0 Å². The van der Waals surface area contributed by atoms with Crippen LogP contribution in [0, 0.1) is 18.3 Å². The summed E-state index contributed by atoms with van der Waals surface area (Å²) in [7, 11) is 0. The number of amides is 1. The molecule has 1 rings (SSSR count). The highest BCUT2D eigenvalue weighted by molar-refractivity contribution is 5.79. The summed E-state index contributed by atoms with van der Waals surface area (Å²) >= 11 is 0. The Morgan fingerprint density at radius 2 is 2.06 bits per heavy atom. The van der Waals surface area contributed by atoms with Crippen molar-refractivity contribution in [2.75, 3.05) is 39.3 Å². The second kappa shape index (κ2) is 6.51. The average Bonchev–Trinajstić information content (AvgIpc) is 2.32. The Labute approximate surface area is 97.8 Å². The summed E-state index contributed by atoms with van der Waals surface area (Å²) in [6, 6.07) is 0. The van der Waals surface area contributed by atoms with Gasteiger partial charge in [-0.3, -0.25) is 9.69 Å². The molecule has 0 aromatic carbocycles. The molecule has 2 N–H and O–H groups in total. The first-order chi connectivity index (χ1) is 7.72. The number of carbonyl (C=O) groups excluding carboxylic acids is 1. The molecule has 0 spiro atoms. The fourth-order valence-corrected chi connectivity index (χ4v) is 1.96. The molecule has 1 saturated heterocycles. The van der Waals surface area contributed by atoms with Crippen LogP contribution in [0.4, 0.5) is 0 Å². The number of piperazine rings is 1. The van der Waals surface area contributed by atoms with E-state index in [0.29, 0.717) is 13.1 Å². The highest BCUT2D eigenvalue weighted by Crippen LogP contribution is 2.09. The van der Waals surface area contributed by atoms with Gasteiger partial charge < -0.3 is 10.6 Å². The summed E-state index contributed by atoms with van der Waals surface area (Å²) in [5, 5.41) is 0. The van der Waals surface area contributed by atoms with E-state index >= 15 is 0 Å². The van der Waals surface area contributed by atoms with Crippen molar-refractivity contribution in [1.29, 1.82) is 0 Å². The van der Waals surface area contributed by atoms with E-state index in [2.05, 4.69) is 10.8 Å². The molecular formula is C12H21N3O. The van der Waals surface area contributed by atoms with E-state index in [-0.39, 0.29) is 11.8 Å². The Balaban J connectivity index is 2.41. The number of hydrogen-bond acceptors (Lipinski definition) is 3. The summed E-state index contributed by atoms with van der Waals surface area (Å²) in [5.41, 5.74) is 5.58. The second-order valence-electron chi connectivity index (χ2n) is 4.15. The van der Waals surface area contributed by atoms with Crippen LogP contribution in [-0.2, 0) is 4.79 Å². The molecule has 0 bridgehead atoms. The maximum absolute atomic E-state index is 12.0. The molecule has 1 amide bonds. The molecule has 1 unspecified atom stereocenters. The van der Waals surface area contributed by atoms with Gasteiger partial charge in [0.05, 0.1) is 12.5 Å². The smallest absolute Gasteiger partial charge is 0.227 e. The lowest BCUT2D eigenvalue weighted by molar-refractivity contribution is -0.137. The highest BCUT2D eigenvalue weighted by Gasteiger charge is 2.25. The first-order valence-corrected chi connectivity index (χ1v) is 5.87. The van der Waals surface area contributed by atoms with Gasteiger partial charge in [0.15, 0.2) is 0 Å². The predicted molar refractivity (Wildman–Crippen MR) is 64.7 cm³/mol. The zero-order chi connectivity index (χ0) is 12.0. The predicted octanol–water partition coefficient (Wildman–Crippen LogP) is -0.251. The first-order valence-electron chi connectivity index (χ1n) is 5.87. The molecule has 1 heterocycles. The van der Waals surface area contributed by atoms with Crippen molar-refractivity contribution < 1.29 is 4.79 Å². The summed E-state index contributed by atoms with van der Waals surface area (Å²) in [6.07, 6.45) is 6.08. The Hall–Kier alpha value is -1.05. The van der Waals surface area contributed by atoms with Crippen LogP contribution in [0.2, 0.25) is 0 Å². The second-order valence-corrected chi connectivity index (χ2v) is 4.15. The zero-order valence-electron chi connectivity index (χ0n) is 9.98. The molecule has 1 fully saturated rings. The summed E-state index contributed by atoms with van der Waals surface area (Å²) < 4.78 is 0. The molecule has 0 aliphatic carbocycles. The standard InChI is InChI=1S/C12H21N3O/c1-3-5-14-6-8-15(9-7-14)12(16)11(4-2)10-13/h1,11H,4-10,13H2,2H3. The van der Waals surface area contributed by atoms with Gasteiger partial charge in [0, 0.05) is 32.7 Å². The van der Waals surface area contributed by atoms with Gasteiger partial charge in [-0.05, 0) is 6.42 Å². The normalized spacial score (nSPS) is 19.2. The third-order valence-electron chi connectivity index (χ3n) is 3.13. The topological polar surface area (TPSA) is 49.6 Å². The molecule has 16 heavy (non-hydrogen) atoms. The van der Waals surface area contributed by atoms with Crippen LogP contribution in [0.1, 0.15) is 13.3 Å². The number of nitrogens with zero attached hydrogens (tertiary/aromatic N) is 2. The molecule has 0 radical (unpaired) electrons. The Kier molecular flexibility index (Phi) is 5.30. The van der Waals surface area contributed by atoms with E-state index in [4.69, 9.17) is 12.2 Å². The molecule has 90 valence electrons. The van der Waals surface area contributed by atoms with E-state index in [9.17, 15) is 4.79 Å². The van der Waals surface area contributed by atoms with E-state index in [1.165, 1.54) is 0 Å². The molecule has 0 saturated carbocycles. The molecule has 4 heteroatoms. The number of hydrogen-bond donors (Lipinski definition) is 1. The van der Waals surface area contributed by atoms with E-state index in [1.807, 2.05) is 11.8 Å². The first kappa shape index (κ1) is 13.0. The number of terminal acetylenes is 1. The Morgan fingerprint density at radius 1 is 1.44 bits per heavy atom. The molecule has 1 atom stereocenters. The summed E-state index contributed by atoms with van der Waals surface area (Å²) in [6.45, 7) is 6.42. The van der Waals surface area contributed by atoms with Crippen molar-refractivity contribution in [2.24, 2.45) is 11.7 Å². The van der Waals surface area contributed by atoms with Gasteiger partial charge in [-0.25, -0.2) is 0 Å². The number of carbonyl (C=O) groups is 1. The van der Waals surface area contributed by atoms with Gasteiger partial charge >= 0.3 is 0 Å². The quantitative estimate of drug-likeness (QED) is 0.669. The van der Waals surface area contributed by atoms with Crippen molar-refractivity contribution in [3.05, 3.63) is 0 Å². The fourth-order valence-electron chi connectivity index (χ4n) is 1.96. The SMILES string of the molecule is C#CCN1CCN(C(=O)C(CC)CN)CC1. The molecule has 0 aromatic heterocycles. The van der Waals surface area contributed by atoms with Crippen LogP contribution in [0.3, 0.4) is 0 Å². The van der Waals surface area contributed by atoms with Crippen molar-refractivity contribution in [3.8, 4) is 12.3 Å². The van der Waals surface area contributed by atoms with Gasteiger partial charge in [0.2, 0.25) is 5.91 Å². The van der Waals surface area contributed by atoms with Crippen molar-refractivity contribution in [2.45, 2.75) is 13.3 Å². The lowest BCUT2D eigenvalue weighted by Crippen LogP contribution is -2.51. The molecule has 4 nitrogen and oxygen atoms in total. The van der Waals surface area contributed by atoms with Gasteiger partial charge in [0.25, 0.3) is 0 Å². The maximum atomic E-state index is 12.0. The van der Waals surface area contributed by atoms with Crippen LogP contribution >= 0.6 is 0 Å². The Bertz CT molecular complexity index is 260.